The number of halogens is 1. The van der Waals surface area contributed by atoms with Crippen molar-refractivity contribution in [3.05, 3.63) is 11.6 Å². The number of anilines is 2. The van der Waals surface area contributed by atoms with Crippen molar-refractivity contribution in [2.75, 3.05) is 44.1 Å². The van der Waals surface area contributed by atoms with Crippen molar-refractivity contribution in [1.29, 1.82) is 0 Å². The second-order valence-electron chi connectivity index (χ2n) is 9.90. The van der Waals surface area contributed by atoms with Gasteiger partial charge in [0.05, 0.1) is 18.4 Å². The highest BCUT2D eigenvalue weighted by Crippen LogP contribution is 2.32. The average Bonchev–Trinajstić information content (AvgIpc) is 3.47. The molecule has 35 heavy (non-hydrogen) atoms. The Morgan fingerprint density at radius 1 is 1.26 bits per heavy atom. The summed E-state index contributed by atoms with van der Waals surface area (Å²) < 4.78 is 15.4. The van der Waals surface area contributed by atoms with Crippen LogP contribution in [-0.4, -0.2) is 77.1 Å². The molecule has 0 bridgehead atoms. The molecular formula is C23H36FN7O4. The van der Waals surface area contributed by atoms with Gasteiger partial charge in [-0.2, -0.15) is 4.39 Å². The van der Waals surface area contributed by atoms with Crippen molar-refractivity contribution in [3.63, 3.8) is 0 Å². The number of aryl methyl sites for hydroxylation is 1. The Hall–Kier alpha value is -3.02. The fourth-order valence-electron chi connectivity index (χ4n) is 5.03. The zero-order valence-electron chi connectivity index (χ0n) is 20.8. The van der Waals surface area contributed by atoms with E-state index in [1.54, 1.807) is 25.9 Å². The van der Waals surface area contributed by atoms with Crippen LogP contribution in [0.5, 0.6) is 0 Å². The van der Waals surface area contributed by atoms with Gasteiger partial charge in [0, 0.05) is 27.2 Å². The van der Waals surface area contributed by atoms with Crippen LogP contribution in [0.25, 0.3) is 0 Å². The first-order valence-electron chi connectivity index (χ1n) is 12.1. The second-order valence-corrected chi connectivity index (χ2v) is 9.90. The third-order valence-corrected chi connectivity index (χ3v) is 6.91. The van der Waals surface area contributed by atoms with Crippen LogP contribution in [0.2, 0.25) is 0 Å². The Labute approximate surface area is 205 Å². The number of hydrogen-bond acceptors (Lipinski definition) is 8. The third-order valence-electron chi connectivity index (χ3n) is 6.91. The molecule has 1 saturated heterocycles. The first-order valence-corrected chi connectivity index (χ1v) is 12.1. The molecule has 0 aromatic carbocycles. The Morgan fingerprint density at radius 3 is 2.57 bits per heavy atom. The van der Waals surface area contributed by atoms with E-state index in [0.29, 0.717) is 36.3 Å². The summed E-state index contributed by atoms with van der Waals surface area (Å²) in [6, 6.07) is 0. The summed E-state index contributed by atoms with van der Waals surface area (Å²) in [4.78, 5) is 47.8. The summed E-state index contributed by atoms with van der Waals surface area (Å²) in [5.74, 6) is -1.61. The van der Waals surface area contributed by atoms with E-state index < -0.39 is 17.6 Å². The zero-order chi connectivity index (χ0) is 25.7. The number of aromatic nitrogens is 2. The highest BCUT2D eigenvalue weighted by Gasteiger charge is 2.38. The van der Waals surface area contributed by atoms with Gasteiger partial charge >= 0.3 is 0 Å². The first kappa shape index (κ1) is 26.6. The standard InChI is InChI=1S/C23H36FN7O4/c1-14-10-30(12-18(14)23(34)29(3)4)21-19(24)20(25-15(2)26-21)27-28-22(33)17(11-31(35)13-32)9-16-7-5-6-8-16/h13-14,16-18,35H,5-12H2,1-4H3,(H,28,33)(H,25,26,27)/t14-,17+,18?/m0/s1. The SMILES string of the molecule is Cc1nc(NNC(=O)[C@H](CC2CCCC2)CN(O)C=O)c(F)c(N2CC(C(=O)N(C)C)[C@@H](C)C2)n1. The van der Waals surface area contributed by atoms with Crippen LogP contribution in [0, 0.1) is 36.4 Å². The molecule has 1 aliphatic heterocycles. The quantitative estimate of drug-likeness (QED) is 0.254. The summed E-state index contributed by atoms with van der Waals surface area (Å²) in [7, 11) is 3.39. The molecule has 0 radical (unpaired) electrons. The molecule has 3 N–H and O–H groups in total. The van der Waals surface area contributed by atoms with Gasteiger partial charge in [0.1, 0.15) is 5.82 Å². The lowest BCUT2D eigenvalue weighted by atomic mass is 9.92. The van der Waals surface area contributed by atoms with Crippen LogP contribution in [0.15, 0.2) is 0 Å². The predicted octanol–water partition coefficient (Wildman–Crippen LogP) is 1.57. The Balaban J connectivity index is 1.71. The van der Waals surface area contributed by atoms with Gasteiger partial charge in [-0.15, -0.1) is 0 Å². The molecule has 1 aromatic rings. The van der Waals surface area contributed by atoms with Gasteiger partial charge in [-0.3, -0.25) is 30.4 Å². The van der Waals surface area contributed by atoms with Crippen molar-refractivity contribution in [1.82, 2.24) is 25.4 Å². The van der Waals surface area contributed by atoms with Gasteiger partial charge in [-0.25, -0.2) is 15.0 Å². The van der Waals surface area contributed by atoms with Gasteiger partial charge in [0.15, 0.2) is 11.6 Å². The highest BCUT2D eigenvalue weighted by atomic mass is 19.1. The van der Waals surface area contributed by atoms with Crippen molar-refractivity contribution in [3.8, 4) is 0 Å². The first-order chi connectivity index (χ1) is 16.6. The van der Waals surface area contributed by atoms with Crippen LogP contribution < -0.4 is 15.8 Å². The minimum absolute atomic E-state index is 0.0154. The Bertz CT molecular complexity index is 925. The molecular weight excluding hydrogens is 457 g/mol. The fraction of sp³-hybridized carbons (Fsp3) is 0.696. The molecule has 2 aliphatic rings. The molecule has 12 heteroatoms. The zero-order valence-corrected chi connectivity index (χ0v) is 20.8. The molecule has 2 heterocycles. The number of carbonyl (C=O) groups excluding carboxylic acids is 3. The molecule has 1 unspecified atom stereocenters. The van der Waals surface area contributed by atoms with Crippen molar-refractivity contribution in [2.45, 2.75) is 46.0 Å². The van der Waals surface area contributed by atoms with Crippen LogP contribution in [-0.2, 0) is 14.4 Å². The number of nitrogens with zero attached hydrogens (tertiary/aromatic N) is 5. The number of nitrogens with one attached hydrogen (secondary N) is 2. The molecule has 194 valence electrons. The van der Waals surface area contributed by atoms with E-state index in [2.05, 4.69) is 20.8 Å². The van der Waals surface area contributed by atoms with Crippen LogP contribution in [0.4, 0.5) is 16.0 Å². The predicted molar refractivity (Wildman–Crippen MR) is 127 cm³/mol. The molecule has 1 saturated carbocycles. The van der Waals surface area contributed by atoms with Crippen molar-refractivity contribution in [2.24, 2.45) is 23.7 Å². The molecule has 2 fully saturated rings. The van der Waals surface area contributed by atoms with Crippen LogP contribution in [0.3, 0.4) is 0 Å². The molecule has 11 nitrogen and oxygen atoms in total. The topological polar surface area (TPSA) is 131 Å². The fourth-order valence-corrected chi connectivity index (χ4v) is 5.03. The van der Waals surface area contributed by atoms with Crippen molar-refractivity contribution < 1.29 is 24.0 Å². The van der Waals surface area contributed by atoms with E-state index in [1.807, 2.05) is 6.92 Å². The molecule has 3 amide bonds. The van der Waals surface area contributed by atoms with E-state index in [1.165, 1.54) is 4.90 Å². The lowest BCUT2D eigenvalue weighted by molar-refractivity contribution is -0.154. The Morgan fingerprint density at radius 2 is 1.94 bits per heavy atom. The van der Waals surface area contributed by atoms with E-state index in [4.69, 9.17) is 0 Å². The third kappa shape index (κ3) is 6.56. The molecule has 3 rings (SSSR count). The maximum absolute atomic E-state index is 15.4. The van der Waals surface area contributed by atoms with Gasteiger partial charge in [-0.05, 0) is 25.2 Å². The molecule has 0 spiro atoms. The molecule has 1 aliphatic carbocycles. The Kier molecular flexibility index (Phi) is 8.82. The maximum Gasteiger partial charge on any atom is 0.243 e. The number of rotatable bonds is 10. The highest BCUT2D eigenvalue weighted by molar-refractivity contribution is 5.81. The second kappa shape index (κ2) is 11.6. The smallest absolute Gasteiger partial charge is 0.243 e. The van der Waals surface area contributed by atoms with Gasteiger partial charge in [0.2, 0.25) is 24.0 Å². The molecule has 1 aromatic heterocycles. The van der Waals surface area contributed by atoms with Crippen LogP contribution in [0.1, 0.15) is 44.9 Å². The minimum Gasteiger partial charge on any atom is -0.353 e. The lowest BCUT2D eigenvalue weighted by Crippen LogP contribution is -2.41. The number of carbonyl (C=O) groups is 3. The number of amides is 3. The largest absolute Gasteiger partial charge is 0.353 e. The summed E-state index contributed by atoms with van der Waals surface area (Å²) in [5, 5.41) is 10.1. The monoisotopic (exact) mass is 493 g/mol. The number of hydrazine groups is 1. The molecule has 3 atom stereocenters. The van der Waals surface area contributed by atoms with Gasteiger partial charge < -0.3 is 9.80 Å². The van der Waals surface area contributed by atoms with Crippen LogP contribution >= 0.6 is 0 Å². The van der Waals surface area contributed by atoms with E-state index in [-0.39, 0.29) is 42.3 Å². The minimum atomic E-state index is -0.731. The number of hydrogen-bond donors (Lipinski definition) is 3. The summed E-state index contributed by atoms with van der Waals surface area (Å²) >= 11 is 0. The van der Waals surface area contributed by atoms with Crippen molar-refractivity contribution >= 4 is 29.9 Å². The summed E-state index contributed by atoms with van der Waals surface area (Å²) in [5.41, 5.74) is 5.05. The van der Waals surface area contributed by atoms with E-state index >= 15 is 4.39 Å². The normalized spacial score (nSPS) is 21.0. The maximum atomic E-state index is 15.4. The van der Waals surface area contributed by atoms with E-state index in [9.17, 15) is 19.6 Å². The summed E-state index contributed by atoms with van der Waals surface area (Å²) in [6.45, 7) is 4.21. The van der Waals surface area contributed by atoms with Gasteiger partial charge in [0.25, 0.3) is 0 Å². The summed E-state index contributed by atoms with van der Waals surface area (Å²) in [6.07, 6.45) is 4.96. The van der Waals surface area contributed by atoms with E-state index in [0.717, 1.165) is 25.7 Å². The lowest BCUT2D eigenvalue weighted by Gasteiger charge is -2.23. The van der Waals surface area contributed by atoms with Gasteiger partial charge in [-0.1, -0.05) is 32.6 Å². The number of hydroxylamine groups is 2. The average molecular weight is 494 g/mol.